The third-order valence-electron chi connectivity index (χ3n) is 6.25. The summed E-state index contributed by atoms with van der Waals surface area (Å²) >= 11 is 6.22. The van der Waals surface area contributed by atoms with Crippen LogP contribution in [0.5, 0.6) is 0 Å². The number of ether oxygens (including phenoxy) is 2. The largest absolute Gasteiger partial charge is 0.468 e. The van der Waals surface area contributed by atoms with Crippen LogP contribution in [0.4, 0.5) is 10.5 Å². The van der Waals surface area contributed by atoms with Crippen LogP contribution in [0.2, 0.25) is 5.02 Å². The number of esters is 1. The molecular formula is C30H30ClN3O5. The summed E-state index contributed by atoms with van der Waals surface area (Å²) < 4.78 is 16.0. The third kappa shape index (κ3) is 7.25. The molecule has 3 aromatic carbocycles. The zero-order chi connectivity index (χ0) is 27.8. The summed E-state index contributed by atoms with van der Waals surface area (Å²) in [6.45, 7) is 3.94. The van der Waals surface area contributed by atoms with Gasteiger partial charge in [-0.05, 0) is 37.5 Å². The number of halogens is 1. The maximum Gasteiger partial charge on any atom is 0.412 e. The van der Waals surface area contributed by atoms with Gasteiger partial charge >= 0.3 is 12.1 Å². The predicted octanol–water partition coefficient (Wildman–Crippen LogP) is 6.49. The minimum Gasteiger partial charge on any atom is -0.468 e. The Morgan fingerprint density at radius 1 is 0.974 bits per heavy atom. The van der Waals surface area contributed by atoms with Crippen LogP contribution in [0.3, 0.4) is 0 Å². The van der Waals surface area contributed by atoms with Gasteiger partial charge in [-0.3, -0.25) is 10.1 Å². The van der Waals surface area contributed by atoms with Gasteiger partial charge < -0.3 is 19.3 Å². The Balaban J connectivity index is 1.40. The van der Waals surface area contributed by atoms with Crippen molar-refractivity contribution in [2.24, 2.45) is 0 Å². The highest BCUT2D eigenvalue weighted by atomic mass is 35.5. The quantitative estimate of drug-likeness (QED) is 0.219. The molecule has 4 rings (SSSR count). The molecule has 1 unspecified atom stereocenters. The van der Waals surface area contributed by atoms with Crippen LogP contribution >= 0.6 is 11.6 Å². The molecule has 9 heteroatoms. The molecule has 2 N–H and O–H groups in total. The average Bonchev–Trinajstić information content (AvgIpc) is 3.31. The molecular weight excluding hydrogens is 518 g/mol. The van der Waals surface area contributed by atoms with E-state index in [-0.39, 0.29) is 5.97 Å². The van der Waals surface area contributed by atoms with Crippen molar-refractivity contribution in [3.8, 4) is 11.3 Å². The molecule has 0 radical (unpaired) electrons. The standard InChI is InChI=1S/C30H30ClN3O5/c1-19-27(33-30(36)38-20(2)24-11-7-8-12-25(24)31)28(39-34-19)23-15-13-22(14-16-23)18-32-26(29(35)37-3)17-21-9-5-4-6-10-21/h4-16,20,26,32H,17-18H2,1-3H3,(H,33,36)/t20?,26-/m1/s1. The van der Waals surface area contributed by atoms with E-state index in [4.69, 9.17) is 25.6 Å². The highest BCUT2D eigenvalue weighted by Gasteiger charge is 2.22. The summed E-state index contributed by atoms with van der Waals surface area (Å²) in [6.07, 6.45) is -0.684. The van der Waals surface area contributed by atoms with Gasteiger partial charge in [0.25, 0.3) is 0 Å². The minimum absolute atomic E-state index is 0.320. The van der Waals surface area contributed by atoms with Crippen molar-refractivity contribution in [1.29, 1.82) is 0 Å². The van der Waals surface area contributed by atoms with Crippen molar-refractivity contribution in [2.45, 2.75) is 39.0 Å². The molecule has 8 nitrogen and oxygen atoms in total. The van der Waals surface area contributed by atoms with Crippen molar-refractivity contribution in [3.05, 3.63) is 106 Å². The first-order valence-electron chi connectivity index (χ1n) is 12.5. The fourth-order valence-corrected chi connectivity index (χ4v) is 4.41. The SMILES string of the molecule is COC(=O)[C@@H](Cc1ccccc1)NCc1ccc(-c2onc(C)c2NC(=O)OC(C)c2ccccc2Cl)cc1. The molecule has 0 aliphatic rings. The van der Waals surface area contributed by atoms with E-state index in [0.29, 0.717) is 40.7 Å². The van der Waals surface area contributed by atoms with Gasteiger partial charge in [0, 0.05) is 22.7 Å². The van der Waals surface area contributed by atoms with Crippen LogP contribution in [-0.4, -0.2) is 30.4 Å². The molecule has 0 aliphatic heterocycles. The van der Waals surface area contributed by atoms with E-state index in [0.717, 1.165) is 16.7 Å². The first-order chi connectivity index (χ1) is 18.9. The molecule has 1 aromatic heterocycles. The van der Waals surface area contributed by atoms with Crippen LogP contribution in [0.25, 0.3) is 11.3 Å². The number of amides is 1. The molecule has 0 aliphatic carbocycles. The van der Waals surface area contributed by atoms with E-state index in [9.17, 15) is 9.59 Å². The van der Waals surface area contributed by atoms with Crippen molar-refractivity contribution in [3.63, 3.8) is 0 Å². The van der Waals surface area contributed by atoms with Crippen LogP contribution in [-0.2, 0) is 27.2 Å². The van der Waals surface area contributed by atoms with E-state index < -0.39 is 18.2 Å². The highest BCUT2D eigenvalue weighted by molar-refractivity contribution is 6.31. The summed E-state index contributed by atoms with van der Waals surface area (Å²) in [4.78, 5) is 25.0. The van der Waals surface area contributed by atoms with Crippen LogP contribution < -0.4 is 10.6 Å². The highest BCUT2D eigenvalue weighted by Crippen LogP contribution is 2.32. The summed E-state index contributed by atoms with van der Waals surface area (Å²) in [6, 6.07) is 24.0. The molecule has 0 fully saturated rings. The van der Waals surface area contributed by atoms with Crippen molar-refractivity contribution >= 4 is 29.4 Å². The van der Waals surface area contributed by atoms with Gasteiger partial charge in [-0.15, -0.1) is 0 Å². The zero-order valence-corrected chi connectivity index (χ0v) is 22.7. The van der Waals surface area contributed by atoms with E-state index in [1.807, 2.05) is 72.8 Å². The Bertz CT molecular complexity index is 1410. The number of methoxy groups -OCH3 is 1. The number of nitrogens with one attached hydrogen (secondary N) is 2. The fourth-order valence-electron chi connectivity index (χ4n) is 4.12. The van der Waals surface area contributed by atoms with E-state index in [1.165, 1.54) is 7.11 Å². The number of rotatable bonds is 10. The first-order valence-corrected chi connectivity index (χ1v) is 12.9. The molecule has 0 saturated heterocycles. The van der Waals surface area contributed by atoms with Crippen LogP contribution in [0.1, 0.15) is 35.4 Å². The topological polar surface area (TPSA) is 103 Å². The smallest absolute Gasteiger partial charge is 0.412 e. The maximum atomic E-state index is 12.7. The Labute approximate surface area is 232 Å². The number of hydrogen-bond acceptors (Lipinski definition) is 7. The molecule has 0 bridgehead atoms. The lowest BCUT2D eigenvalue weighted by Gasteiger charge is -2.17. The van der Waals surface area contributed by atoms with Crippen LogP contribution in [0, 0.1) is 6.92 Å². The number of carbonyl (C=O) groups is 2. The normalized spacial score (nSPS) is 12.4. The van der Waals surface area contributed by atoms with Gasteiger partial charge in [0.15, 0.2) is 5.76 Å². The number of aromatic nitrogens is 1. The van der Waals surface area contributed by atoms with Crippen molar-refractivity contribution < 1.29 is 23.6 Å². The summed E-state index contributed by atoms with van der Waals surface area (Å²) in [5, 5.41) is 10.6. The monoisotopic (exact) mass is 547 g/mol. The number of hydrogen-bond donors (Lipinski definition) is 2. The number of benzene rings is 3. The second-order valence-electron chi connectivity index (χ2n) is 9.01. The Morgan fingerprint density at radius 2 is 1.67 bits per heavy atom. The van der Waals surface area contributed by atoms with E-state index in [2.05, 4.69) is 15.8 Å². The summed E-state index contributed by atoms with van der Waals surface area (Å²) in [7, 11) is 1.38. The molecule has 2 atom stereocenters. The number of anilines is 1. The van der Waals surface area contributed by atoms with Crippen molar-refractivity contribution in [1.82, 2.24) is 10.5 Å². The lowest BCUT2D eigenvalue weighted by molar-refractivity contribution is -0.143. The summed E-state index contributed by atoms with van der Waals surface area (Å²) in [5.74, 6) is 0.0879. The maximum absolute atomic E-state index is 12.7. The lowest BCUT2D eigenvalue weighted by atomic mass is 10.0. The third-order valence-corrected chi connectivity index (χ3v) is 6.60. The molecule has 1 heterocycles. The molecule has 202 valence electrons. The van der Waals surface area contributed by atoms with E-state index in [1.54, 1.807) is 19.9 Å². The molecule has 0 spiro atoms. The Hall–Kier alpha value is -4.14. The van der Waals surface area contributed by atoms with Crippen molar-refractivity contribution in [2.75, 3.05) is 12.4 Å². The molecule has 0 saturated carbocycles. The zero-order valence-electron chi connectivity index (χ0n) is 21.9. The summed E-state index contributed by atoms with van der Waals surface area (Å²) in [5.41, 5.74) is 4.36. The second-order valence-corrected chi connectivity index (χ2v) is 9.42. The first kappa shape index (κ1) is 27.9. The predicted molar refractivity (Wildman–Crippen MR) is 149 cm³/mol. The fraction of sp³-hybridized carbons (Fsp3) is 0.233. The van der Waals surface area contributed by atoms with Gasteiger partial charge in [0.2, 0.25) is 0 Å². The molecule has 39 heavy (non-hydrogen) atoms. The number of carbonyl (C=O) groups excluding carboxylic acids is 2. The lowest BCUT2D eigenvalue weighted by Crippen LogP contribution is -2.39. The Kier molecular flexibility index (Phi) is 9.35. The van der Waals surface area contributed by atoms with Gasteiger partial charge in [-0.25, -0.2) is 4.79 Å². The van der Waals surface area contributed by atoms with E-state index >= 15 is 0 Å². The minimum atomic E-state index is -0.650. The number of aryl methyl sites for hydroxylation is 1. The average molecular weight is 548 g/mol. The molecule has 1 amide bonds. The van der Waals surface area contributed by atoms with Gasteiger partial charge in [0.05, 0.1) is 7.11 Å². The van der Waals surface area contributed by atoms with Gasteiger partial charge in [0.1, 0.15) is 23.5 Å². The molecule has 4 aromatic rings. The van der Waals surface area contributed by atoms with Crippen LogP contribution in [0.15, 0.2) is 83.4 Å². The second kappa shape index (κ2) is 13.1. The van der Waals surface area contributed by atoms with Gasteiger partial charge in [-0.2, -0.15) is 0 Å². The van der Waals surface area contributed by atoms with Gasteiger partial charge in [-0.1, -0.05) is 89.6 Å². The Morgan fingerprint density at radius 3 is 2.36 bits per heavy atom. The number of nitrogens with zero attached hydrogens (tertiary/aromatic N) is 1.